The summed E-state index contributed by atoms with van der Waals surface area (Å²) in [7, 11) is 0. The third-order valence-corrected chi connectivity index (χ3v) is 17.3. The molecule has 5 saturated carbocycles. The molecule has 1 heterocycles. The number of hydrogen-bond acceptors (Lipinski definition) is 6. The molecule has 6 aliphatic rings. The van der Waals surface area contributed by atoms with Crippen molar-refractivity contribution >= 4 is 29.5 Å². The van der Waals surface area contributed by atoms with Gasteiger partial charge in [-0.3, -0.25) is 9.59 Å². The van der Waals surface area contributed by atoms with Crippen LogP contribution in [-0.4, -0.2) is 81.4 Å². The second kappa shape index (κ2) is 13.1. The Labute approximate surface area is 299 Å². The number of likely N-dealkylation sites (tertiary alicyclic amines) is 1. The first kappa shape index (κ1) is 37.2. The van der Waals surface area contributed by atoms with Gasteiger partial charge in [-0.25, -0.2) is 4.79 Å². The van der Waals surface area contributed by atoms with Crippen molar-refractivity contribution in [1.29, 1.82) is 0 Å². The van der Waals surface area contributed by atoms with Gasteiger partial charge in [0.1, 0.15) is 12.1 Å². The van der Waals surface area contributed by atoms with Gasteiger partial charge in [0.2, 0.25) is 11.8 Å². The van der Waals surface area contributed by atoms with E-state index >= 15 is 4.79 Å². The number of aliphatic hydroxyl groups is 2. The van der Waals surface area contributed by atoms with Gasteiger partial charge in [0.25, 0.3) is 0 Å². The number of carbonyl (C=O) groups is 3. The van der Waals surface area contributed by atoms with E-state index in [1.807, 2.05) is 11.2 Å². The number of nitrogens with zero attached hydrogens (tertiary/aromatic N) is 1. The quantitative estimate of drug-likeness (QED) is 0.208. The first-order valence-corrected chi connectivity index (χ1v) is 20.7. The second-order valence-electron chi connectivity index (χ2n) is 18.4. The topological polar surface area (TPSA) is 127 Å². The molecule has 0 aromatic heterocycles. The molecule has 4 N–H and O–H groups in total. The fourth-order valence-corrected chi connectivity index (χ4v) is 14.3. The molecule has 0 aromatic rings. The molecule has 6 fully saturated rings. The van der Waals surface area contributed by atoms with E-state index in [2.05, 4.69) is 46.5 Å². The van der Waals surface area contributed by atoms with Crippen LogP contribution < -0.4 is 5.32 Å². The van der Waals surface area contributed by atoms with Crippen molar-refractivity contribution in [3.8, 4) is 0 Å². The number of thioether (sulfide) groups is 1. The molecule has 1 saturated heterocycles. The predicted molar refractivity (Wildman–Crippen MR) is 194 cm³/mol. The van der Waals surface area contributed by atoms with Crippen LogP contribution in [0, 0.1) is 56.7 Å². The Hall–Kier alpha value is -1.58. The molecule has 49 heavy (non-hydrogen) atoms. The third kappa shape index (κ3) is 5.38. The van der Waals surface area contributed by atoms with Gasteiger partial charge in [-0.15, -0.1) is 0 Å². The Morgan fingerprint density at radius 1 is 0.939 bits per heavy atom. The third-order valence-electron chi connectivity index (χ3n) is 16.7. The Kier molecular flexibility index (Phi) is 9.96. The number of allylic oxidation sites excluding steroid dienone is 1. The van der Waals surface area contributed by atoms with Crippen LogP contribution in [0.4, 0.5) is 0 Å². The number of hydrogen-bond donors (Lipinski definition) is 4. The van der Waals surface area contributed by atoms with Crippen molar-refractivity contribution in [3.63, 3.8) is 0 Å². The second-order valence-corrected chi connectivity index (χ2v) is 19.4. The minimum Gasteiger partial charge on any atom is -0.480 e. The Morgan fingerprint density at radius 2 is 1.67 bits per heavy atom. The van der Waals surface area contributed by atoms with Gasteiger partial charge in [0.05, 0.1) is 18.1 Å². The molecule has 2 amide bonds. The fraction of sp³-hybridized carbons (Fsp3) is 0.875. The first-order chi connectivity index (χ1) is 23.1. The summed E-state index contributed by atoms with van der Waals surface area (Å²) >= 11 is 1.56. The molecular formula is C40H64N2O6S. The summed E-state index contributed by atoms with van der Waals surface area (Å²) in [6.07, 6.45) is 12.7. The van der Waals surface area contributed by atoms with Gasteiger partial charge < -0.3 is 25.5 Å². The molecule has 13 atom stereocenters. The minimum atomic E-state index is -1.03. The Balaban J connectivity index is 1.31. The molecule has 9 heteroatoms. The average Bonchev–Trinajstić information content (AvgIpc) is 3.71. The molecule has 0 bridgehead atoms. The summed E-state index contributed by atoms with van der Waals surface area (Å²) < 4.78 is 0. The van der Waals surface area contributed by atoms with Crippen LogP contribution in [-0.2, 0) is 14.4 Å². The van der Waals surface area contributed by atoms with Gasteiger partial charge in [-0.1, -0.05) is 39.8 Å². The van der Waals surface area contributed by atoms with E-state index < -0.39 is 35.0 Å². The molecule has 0 aromatic carbocycles. The highest BCUT2D eigenvalue weighted by atomic mass is 32.2. The maximum absolute atomic E-state index is 15.1. The van der Waals surface area contributed by atoms with E-state index in [9.17, 15) is 24.9 Å². The van der Waals surface area contributed by atoms with Gasteiger partial charge in [0, 0.05) is 12.0 Å². The van der Waals surface area contributed by atoms with Gasteiger partial charge >= 0.3 is 5.97 Å². The highest BCUT2D eigenvalue weighted by Crippen LogP contribution is 2.77. The smallest absolute Gasteiger partial charge is 0.326 e. The largest absolute Gasteiger partial charge is 0.480 e. The van der Waals surface area contributed by atoms with E-state index in [4.69, 9.17) is 0 Å². The summed E-state index contributed by atoms with van der Waals surface area (Å²) in [6.45, 7) is 16.9. The number of rotatable bonds is 9. The van der Waals surface area contributed by atoms with Crippen LogP contribution in [0.2, 0.25) is 0 Å². The lowest BCUT2D eigenvalue weighted by atomic mass is 9.32. The van der Waals surface area contributed by atoms with E-state index in [-0.39, 0.29) is 52.4 Å². The number of carbonyl (C=O) groups excluding carboxylic acids is 2. The van der Waals surface area contributed by atoms with Crippen molar-refractivity contribution in [3.05, 3.63) is 12.2 Å². The summed E-state index contributed by atoms with van der Waals surface area (Å²) in [6, 6.07) is -1.57. The molecule has 8 nitrogen and oxygen atoms in total. The van der Waals surface area contributed by atoms with Crippen LogP contribution in [0.15, 0.2) is 12.2 Å². The van der Waals surface area contributed by atoms with Gasteiger partial charge in [0.15, 0.2) is 0 Å². The summed E-state index contributed by atoms with van der Waals surface area (Å²) in [5.41, 5.74) is 0.322. The zero-order valence-electron chi connectivity index (χ0n) is 31.1. The molecule has 1 aliphatic heterocycles. The normalized spacial score (nSPS) is 46.5. The maximum atomic E-state index is 15.1. The summed E-state index contributed by atoms with van der Waals surface area (Å²) in [4.78, 5) is 42.6. The van der Waals surface area contributed by atoms with Crippen molar-refractivity contribution in [2.24, 2.45) is 56.7 Å². The van der Waals surface area contributed by atoms with Gasteiger partial charge in [-0.2, -0.15) is 11.8 Å². The lowest BCUT2D eigenvalue weighted by Gasteiger charge is -2.73. The highest BCUT2D eigenvalue weighted by Gasteiger charge is 2.72. The Bertz CT molecular complexity index is 1340. The SMILES string of the molecule is C=C(C)[C@@H]1CC[C@]2(C(=O)N3CCC[C@H]3C(=O)NC(CCSC)C(=O)O)CC[C@]3(C)C(CCC4[C@@]5(C)CC[C@H](O)[C@@](C)(CO)C5CC[C@]43C)C12. The minimum absolute atomic E-state index is 0.0229. The molecule has 6 rings (SSSR count). The number of carboxylic acid groups (broad SMARTS) is 1. The number of nitrogens with one attached hydrogen (secondary N) is 1. The van der Waals surface area contributed by atoms with Crippen molar-refractivity contribution in [2.45, 2.75) is 136 Å². The van der Waals surface area contributed by atoms with E-state index in [0.29, 0.717) is 37.0 Å². The highest BCUT2D eigenvalue weighted by molar-refractivity contribution is 7.98. The molecule has 5 unspecified atom stereocenters. The molecule has 5 aliphatic carbocycles. The van der Waals surface area contributed by atoms with E-state index in [0.717, 1.165) is 70.6 Å². The lowest BCUT2D eigenvalue weighted by molar-refractivity contribution is -0.253. The predicted octanol–water partition coefficient (Wildman–Crippen LogP) is 6.29. The van der Waals surface area contributed by atoms with Crippen LogP contribution in [0.25, 0.3) is 0 Å². The van der Waals surface area contributed by atoms with E-state index in [1.165, 1.54) is 5.57 Å². The molecule has 276 valence electrons. The number of aliphatic carboxylic acids is 1. The number of amides is 2. The van der Waals surface area contributed by atoms with Crippen LogP contribution in [0.1, 0.15) is 118 Å². The number of fused-ring (bicyclic) bond motifs is 7. The maximum Gasteiger partial charge on any atom is 0.326 e. The standard InChI is InChI=1S/C40H64N2O6S/c1-24(2)25-12-18-40(35(48)42-21-8-9-28(42)33(45)41-27(34(46)47)15-22-49-7)20-19-38(5)26(32(25)40)10-11-30-36(3)16-14-31(44)37(4,23-43)29(36)13-17-39(30,38)6/h25-32,43-44H,1,8-23H2,2-7H3,(H,41,45)(H,46,47)/t25-,26?,27?,28-,29?,30?,31-,32?,36-,37-,38+,39+,40-/m0/s1. The molecule has 0 radical (unpaired) electrons. The molecule has 0 spiro atoms. The zero-order chi connectivity index (χ0) is 35.7. The van der Waals surface area contributed by atoms with Crippen LogP contribution in [0.3, 0.4) is 0 Å². The van der Waals surface area contributed by atoms with Crippen molar-refractivity contribution in [1.82, 2.24) is 10.2 Å². The zero-order valence-corrected chi connectivity index (χ0v) is 31.9. The summed E-state index contributed by atoms with van der Waals surface area (Å²) in [5.74, 6) is 0.992. The number of aliphatic hydroxyl groups excluding tert-OH is 2. The number of carboxylic acids is 1. The Morgan fingerprint density at radius 3 is 2.33 bits per heavy atom. The average molecular weight is 701 g/mol. The fourth-order valence-electron chi connectivity index (χ4n) is 13.9. The summed E-state index contributed by atoms with van der Waals surface area (Å²) in [5, 5.41) is 34.4. The molecular weight excluding hydrogens is 637 g/mol. The van der Waals surface area contributed by atoms with E-state index in [1.54, 1.807) is 11.8 Å². The van der Waals surface area contributed by atoms with Crippen molar-refractivity contribution in [2.75, 3.05) is 25.2 Å². The van der Waals surface area contributed by atoms with Crippen LogP contribution in [0.5, 0.6) is 0 Å². The monoisotopic (exact) mass is 700 g/mol. The van der Waals surface area contributed by atoms with Gasteiger partial charge in [-0.05, 0) is 148 Å². The first-order valence-electron chi connectivity index (χ1n) is 19.3. The van der Waals surface area contributed by atoms with Crippen molar-refractivity contribution < 1.29 is 29.7 Å². The lowest BCUT2D eigenvalue weighted by Crippen LogP contribution is -2.68. The van der Waals surface area contributed by atoms with Crippen LogP contribution >= 0.6 is 11.8 Å².